The number of piperidine rings is 1. The predicted molar refractivity (Wildman–Crippen MR) is 85.1 cm³/mol. The van der Waals surface area contributed by atoms with Gasteiger partial charge in [-0.3, -0.25) is 0 Å². The Bertz CT molecular complexity index is 548. The molecule has 0 radical (unpaired) electrons. The normalized spacial score (nSPS) is 17.8. The number of rotatable bonds is 6. The van der Waals surface area contributed by atoms with Crippen molar-refractivity contribution in [3.63, 3.8) is 0 Å². The van der Waals surface area contributed by atoms with Crippen LogP contribution in [0.3, 0.4) is 0 Å². The third kappa shape index (κ3) is 4.45. The highest BCUT2D eigenvalue weighted by molar-refractivity contribution is 7.89. The minimum atomic E-state index is -3.06. The van der Waals surface area contributed by atoms with Crippen molar-refractivity contribution in [2.45, 2.75) is 45.6 Å². The molecule has 1 heterocycles. The minimum absolute atomic E-state index is 0.116. The Hall–Kier alpha value is -1.07. The molecule has 0 amide bonds. The summed E-state index contributed by atoms with van der Waals surface area (Å²) in [6.45, 7) is 5.16. The summed E-state index contributed by atoms with van der Waals surface area (Å²) in [4.78, 5) is 0. The second kappa shape index (κ2) is 7.27. The molecule has 0 spiro atoms. The number of benzene rings is 1. The van der Waals surface area contributed by atoms with Crippen molar-refractivity contribution in [1.82, 2.24) is 4.31 Å². The van der Waals surface area contributed by atoms with E-state index in [0.717, 1.165) is 25.0 Å². The smallest absolute Gasteiger partial charge is 0.214 e. The maximum Gasteiger partial charge on any atom is 0.214 e. The summed E-state index contributed by atoms with van der Waals surface area (Å²) in [7, 11) is -3.06. The van der Waals surface area contributed by atoms with Crippen LogP contribution in [-0.2, 0) is 16.4 Å². The Labute approximate surface area is 128 Å². The van der Waals surface area contributed by atoms with Crippen LogP contribution < -0.4 is 4.74 Å². The maximum atomic E-state index is 12.0. The van der Waals surface area contributed by atoms with E-state index in [1.54, 1.807) is 4.31 Å². The van der Waals surface area contributed by atoms with E-state index in [2.05, 4.69) is 19.1 Å². The fraction of sp³-hybridized carbons (Fsp3) is 0.625. The van der Waals surface area contributed by atoms with Gasteiger partial charge < -0.3 is 4.74 Å². The van der Waals surface area contributed by atoms with E-state index in [4.69, 9.17) is 4.74 Å². The lowest BCUT2D eigenvalue weighted by Gasteiger charge is -2.31. The van der Waals surface area contributed by atoms with Gasteiger partial charge in [0.05, 0.1) is 5.75 Å². The Morgan fingerprint density at radius 3 is 2.57 bits per heavy atom. The maximum absolute atomic E-state index is 12.0. The molecule has 0 bridgehead atoms. The third-order valence-electron chi connectivity index (χ3n) is 3.87. The number of hydrogen-bond donors (Lipinski definition) is 0. The van der Waals surface area contributed by atoms with Gasteiger partial charge in [-0.15, -0.1) is 0 Å². The molecule has 0 saturated carbocycles. The Morgan fingerprint density at radius 2 is 1.95 bits per heavy atom. The standard InChI is InChI=1S/C16H25NO3S/c1-3-12-21(18,19)17-10-8-15(9-11-17)20-16-7-5-6-14(4-2)13-16/h5-7,13,15H,3-4,8-12H2,1-2H3. The van der Waals surface area contributed by atoms with Crippen LogP contribution in [-0.4, -0.2) is 37.7 Å². The van der Waals surface area contributed by atoms with Crippen molar-refractivity contribution in [2.24, 2.45) is 0 Å². The molecule has 0 aromatic heterocycles. The molecule has 4 nitrogen and oxygen atoms in total. The summed E-state index contributed by atoms with van der Waals surface area (Å²) in [5.74, 6) is 1.14. The van der Waals surface area contributed by atoms with E-state index >= 15 is 0 Å². The third-order valence-corrected chi connectivity index (χ3v) is 5.94. The van der Waals surface area contributed by atoms with Gasteiger partial charge in [-0.1, -0.05) is 26.0 Å². The monoisotopic (exact) mass is 311 g/mol. The van der Waals surface area contributed by atoms with Gasteiger partial charge >= 0.3 is 0 Å². The average molecular weight is 311 g/mol. The first kappa shape index (κ1) is 16.3. The van der Waals surface area contributed by atoms with Crippen molar-refractivity contribution in [2.75, 3.05) is 18.8 Å². The van der Waals surface area contributed by atoms with E-state index < -0.39 is 10.0 Å². The van der Waals surface area contributed by atoms with Crippen LogP contribution >= 0.6 is 0 Å². The quantitative estimate of drug-likeness (QED) is 0.811. The Morgan fingerprint density at radius 1 is 1.24 bits per heavy atom. The molecule has 1 aromatic rings. The van der Waals surface area contributed by atoms with Gasteiger partial charge in [0.15, 0.2) is 0 Å². The van der Waals surface area contributed by atoms with Crippen LogP contribution in [0.2, 0.25) is 0 Å². The fourth-order valence-electron chi connectivity index (χ4n) is 2.65. The zero-order valence-electron chi connectivity index (χ0n) is 12.9. The van der Waals surface area contributed by atoms with Crippen LogP contribution in [0.15, 0.2) is 24.3 Å². The van der Waals surface area contributed by atoms with Gasteiger partial charge in [0, 0.05) is 13.1 Å². The lowest BCUT2D eigenvalue weighted by Crippen LogP contribution is -2.42. The number of aryl methyl sites for hydroxylation is 1. The summed E-state index contributed by atoms with van der Waals surface area (Å²) in [5.41, 5.74) is 1.26. The zero-order chi connectivity index (χ0) is 15.3. The van der Waals surface area contributed by atoms with Gasteiger partial charge in [-0.05, 0) is 43.4 Å². The van der Waals surface area contributed by atoms with Crippen LogP contribution in [0.25, 0.3) is 0 Å². The van der Waals surface area contributed by atoms with Crippen molar-refractivity contribution in [3.05, 3.63) is 29.8 Å². The number of sulfonamides is 1. The van der Waals surface area contributed by atoms with Crippen molar-refractivity contribution >= 4 is 10.0 Å². The van der Waals surface area contributed by atoms with Crippen LogP contribution in [0.5, 0.6) is 5.75 Å². The highest BCUT2D eigenvalue weighted by Crippen LogP contribution is 2.22. The first-order chi connectivity index (χ1) is 10.0. The van der Waals surface area contributed by atoms with Gasteiger partial charge in [-0.2, -0.15) is 0 Å². The lowest BCUT2D eigenvalue weighted by atomic mass is 10.1. The summed E-state index contributed by atoms with van der Waals surface area (Å²) in [6, 6.07) is 8.14. The molecular weight excluding hydrogens is 286 g/mol. The minimum Gasteiger partial charge on any atom is -0.490 e. The molecular formula is C16H25NO3S. The van der Waals surface area contributed by atoms with Crippen molar-refractivity contribution in [1.29, 1.82) is 0 Å². The second-order valence-corrected chi connectivity index (χ2v) is 7.62. The van der Waals surface area contributed by atoms with Gasteiger partial charge in [0.25, 0.3) is 0 Å². The topological polar surface area (TPSA) is 46.6 Å². The zero-order valence-corrected chi connectivity index (χ0v) is 13.7. The molecule has 1 aromatic carbocycles. The van der Waals surface area contributed by atoms with Gasteiger partial charge in [0.1, 0.15) is 11.9 Å². The van der Waals surface area contributed by atoms with Crippen LogP contribution in [0, 0.1) is 0 Å². The predicted octanol–water partition coefficient (Wildman–Crippen LogP) is 2.83. The number of ether oxygens (including phenoxy) is 1. The van der Waals surface area contributed by atoms with E-state index in [1.165, 1.54) is 5.56 Å². The molecule has 0 atom stereocenters. The molecule has 2 rings (SSSR count). The van der Waals surface area contributed by atoms with Crippen molar-refractivity contribution in [3.8, 4) is 5.75 Å². The summed E-state index contributed by atoms with van der Waals surface area (Å²) in [6.07, 6.45) is 3.30. The number of hydrogen-bond acceptors (Lipinski definition) is 3. The Balaban J connectivity index is 1.89. The molecule has 0 unspecified atom stereocenters. The molecule has 5 heteroatoms. The molecule has 1 aliphatic rings. The van der Waals surface area contributed by atoms with Gasteiger partial charge in [-0.25, -0.2) is 12.7 Å². The molecule has 21 heavy (non-hydrogen) atoms. The molecule has 0 N–H and O–H groups in total. The summed E-state index contributed by atoms with van der Waals surface area (Å²) < 4.78 is 31.6. The first-order valence-electron chi connectivity index (χ1n) is 7.78. The van der Waals surface area contributed by atoms with E-state index in [9.17, 15) is 8.42 Å². The Kier molecular flexibility index (Phi) is 5.65. The lowest BCUT2D eigenvalue weighted by molar-refractivity contribution is 0.135. The number of nitrogens with zero attached hydrogens (tertiary/aromatic N) is 1. The highest BCUT2D eigenvalue weighted by atomic mass is 32.2. The van der Waals surface area contributed by atoms with Crippen molar-refractivity contribution < 1.29 is 13.2 Å². The van der Waals surface area contributed by atoms with E-state index in [0.29, 0.717) is 19.5 Å². The molecule has 1 saturated heterocycles. The van der Waals surface area contributed by atoms with Gasteiger partial charge in [0.2, 0.25) is 10.0 Å². The molecule has 1 fully saturated rings. The van der Waals surface area contributed by atoms with E-state index in [1.807, 2.05) is 19.1 Å². The van der Waals surface area contributed by atoms with E-state index in [-0.39, 0.29) is 11.9 Å². The highest BCUT2D eigenvalue weighted by Gasteiger charge is 2.28. The van der Waals surface area contributed by atoms with Crippen LogP contribution in [0.1, 0.15) is 38.7 Å². The average Bonchev–Trinajstić information content (AvgIpc) is 2.48. The fourth-order valence-corrected chi connectivity index (χ4v) is 4.19. The molecule has 1 aliphatic heterocycles. The SMILES string of the molecule is CCCS(=O)(=O)N1CCC(Oc2cccc(CC)c2)CC1. The first-order valence-corrected chi connectivity index (χ1v) is 9.39. The summed E-state index contributed by atoms with van der Waals surface area (Å²) in [5, 5.41) is 0. The largest absolute Gasteiger partial charge is 0.490 e. The second-order valence-electron chi connectivity index (χ2n) is 5.53. The van der Waals surface area contributed by atoms with Crippen LogP contribution in [0.4, 0.5) is 0 Å². The molecule has 0 aliphatic carbocycles. The molecule has 118 valence electrons. The summed E-state index contributed by atoms with van der Waals surface area (Å²) >= 11 is 0.